The number of nitrogens with two attached hydrogens (primary N) is 1. The van der Waals surface area contributed by atoms with Gasteiger partial charge in [0.05, 0.1) is 38.3 Å². The predicted molar refractivity (Wildman–Crippen MR) is 82.7 cm³/mol. The van der Waals surface area contributed by atoms with Crippen LogP contribution in [0, 0.1) is 5.82 Å². The Balaban J connectivity index is 1.89. The number of halogens is 1. The predicted octanol–water partition coefficient (Wildman–Crippen LogP) is 3.26. The van der Waals surface area contributed by atoms with Gasteiger partial charge in [-0.05, 0) is 30.3 Å². The molecule has 3 aromatic rings. The summed E-state index contributed by atoms with van der Waals surface area (Å²) in [6.45, 7) is 0. The molecule has 0 saturated carbocycles. The van der Waals surface area contributed by atoms with Gasteiger partial charge in [0.25, 0.3) is 0 Å². The maximum atomic E-state index is 13.0. The van der Waals surface area contributed by atoms with E-state index in [1.54, 1.807) is 0 Å². The molecule has 1 unspecified atom stereocenters. The van der Waals surface area contributed by atoms with Crippen molar-refractivity contribution in [2.75, 3.05) is 5.73 Å². The lowest BCUT2D eigenvalue weighted by atomic mass is 10.2. The molecule has 1 aromatic heterocycles. The van der Waals surface area contributed by atoms with Gasteiger partial charge in [-0.25, -0.2) is 4.39 Å². The van der Waals surface area contributed by atoms with Gasteiger partial charge in [0.2, 0.25) is 0 Å². The van der Waals surface area contributed by atoms with Crippen molar-refractivity contribution < 1.29 is 8.60 Å². The highest BCUT2D eigenvalue weighted by Crippen LogP contribution is 2.20. The molecule has 2 N–H and O–H groups in total. The minimum Gasteiger partial charge on any atom is -0.398 e. The molecule has 0 radical (unpaired) electrons. The van der Waals surface area contributed by atoms with Gasteiger partial charge in [-0.1, -0.05) is 24.3 Å². The molecule has 0 aliphatic heterocycles. The first-order valence-electron chi connectivity index (χ1n) is 6.41. The summed E-state index contributed by atoms with van der Waals surface area (Å²) in [4.78, 5) is 4.92. The molecule has 106 valence electrons. The number of fused-ring (bicyclic) bond motifs is 1. The Morgan fingerprint density at radius 1 is 1.10 bits per heavy atom. The van der Waals surface area contributed by atoms with Crippen molar-refractivity contribution in [1.82, 2.24) is 4.98 Å². The van der Waals surface area contributed by atoms with Crippen LogP contribution in [0.15, 0.2) is 59.5 Å². The molecule has 0 aliphatic carbocycles. The fraction of sp³-hybridized carbons (Fsp3) is 0.0625. The summed E-state index contributed by atoms with van der Waals surface area (Å²) in [5, 5.41) is 1.04. The first-order chi connectivity index (χ1) is 10.1. The van der Waals surface area contributed by atoms with E-state index in [-0.39, 0.29) is 11.4 Å². The molecule has 1 atom stereocenters. The Kier molecular flexibility index (Phi) is 3.66. The van der Waals surface area contributed by atoms with Crippen molar-refractivity contribution in [3.8, 4) is 0 Å². The fourth-order valence-electron chi connectivity index (χ4n) is 2.13. The molecule has 0 spiro atoms. The minimum absolute atomic E-state index is 0.203. The Morgan fingerprint density at radius 2 is 1.90 bits per heavy atom. The molecule has 0 saturated heterocycles. The van der Waals surface area contributed by atoms with E-state index in [1.807, 2.05) is 36.4 Å². The molecule has 0 fully saturated rings. The lowest BCUT2D eigenvalue weighted by Crippen LogP contribution is -2.02. The second kappa shape index (κ2) is 5.61. The number of pyridine rings is 1. The van der Waals surface area contributed by atoms with Crippen LogP contribution in [0.5, 0.6) is 0 Å². The van der Waals surface area contributed by atoms with Crippen molar-refractivity contribution in [1.29, 1.82) is 0 Å². The molecular formula is C16H13FN2OS. The van der Waals surface area contributed by atoms with E-state index in [9.17, 15) is 8.60 Å². The molecule has 0 bridgehead atoms. The van der Waals surface area contributed by atoms with Crippen LogP contribution in [0.1, 0.15) is 5.69 Å². The number of nitrogen functional groups attached to an aromatic ring is 1. The molecule has 2 aromatic carbocycles. The molecule has 3 nitrogen and oxygen atoms in total. The molecular weight excluding hydrogens is 287 g/mol. The zero-order valence-corrected chi connectivity index (χ0v) is 11.9. The maximum absolute atomic E-state index is 13.0. The Hall–Kier alpha value is -2.27. The van der Waals surface area contributed by atoms with E-state index in [0.29, 0.717) is 4.90 Å². The van der Waals surface area contributed by atoms with Gasteiger partial charge in [-0.3, -0.25) is 9.19 Å². The van der Waals surface area contributed by atoms with Crippen LogP contribution in [-0.2, 0) is 16.6 Å². The average Bonchev–Trinajstić information content (AvgIpc) is 2.47. The first kappa shape index (κ1) is 13.7. The van der Waals surface area contributed by atoms with Crippen molar-refractivity contribution in [3.63, 3.8) is 0 Å². The smallest absolute Gasteiger partial charge is 0.125 e. The van der Waals surface area contributed by atoms with Crippen molar-refractivity contribution in [2.24, 2.45) is 0 Å². The second-order valence-electron chi connectivity index (χ2n) is 4.67. The van der Waals surface area contributed by atoms with Crippen LogP contribution in [0.2, 0.25) is 0 Å². The lowest BCUT2D eigenvalue weighted by Gasteiger charge is -2.06. The van der Waals surface area contributed by atoms with Crippen LogP contribution in [0.4, 0.5) is 10.1 Å². The summed E-state index contributed by atoms with van der Waals surface area (Å²) in [5.74, 6) is -0.183. The van der Waals surface area contributed by atoms with Crippen molar-refractivity contribution in [3.05, 3.63) is 66.1 Å². The zero-order chi connectivity index (χ0) is 14.8. The van der Waals surface area contributed by atoms with Crippen molar-refractivity contribution in [2.45, 2.75) is 10.6 Å². The van der Waals surface area contributed by atoms with Gasteiger partial charge in [-0.2, -0.15) is 0 Å². The zero-order valence-electron chi connectivity index (χ0n) is 11.1. The standard InChI is InChI=1S/C16H13FN2OS/c17-12-6-8-16(14(18)9-12)21(20)10-13-7-5-11-3-1-2-4-15(11)19-13/h1-9H,10,18H2. The SMILES string of the molecule is Nc1cc(F)ccc1S(=O)Cc1ccc2ccccc2n1. The van der Waals surface area contributed by atoms with Gasteiger partial charge in [-0.15, -0.1) is 0 Å². The van der Waals surface area contributed by atoms with Crippen LogP contribution in [0.25, 0.3) is 10.9 Å². The quantitative estimate of drug-likeness (QED) is 0.755. The normalized spacial score (nSPS) is 12.4. The van der Waals surface area contributed by atoms with Gasteiger partial charge in [0, 0.05) is 5.39 Å². The van der Waals surface area contributed by atoms with E-state index in [0.717, 1.165) is 16.6 Å². The molecule has 21 heavy (non-hydrogen) atoms. The summed E-state index contributed by atoms with van der Waals surface area (Å²) in [5.41, 5.74) is 7.49. The highest BCUT2D eigenvalue weighted by atomic mass is 32.2. The number of anilines is 1. The van der Waals surface area contributed by atoms with E-state index in [4.69, 9.17) is 5.73 Å². The van der Waals surface area contributed by atoms with E-state index >= 15 is 0 Å². The van der Waals surface area contributed by atoms with E-state index < -0.39 is 16.6 Å². The second-order valence-corrected chi connectivity index (χ2v) is 6.09. The molecule has 1 heterocycles. The Bertz CT molecular complexity index is 835. The highest BCUT2D eigenvalue weighted by molar-refractivity contribution is 7.84. The molecule has 0 aliphatic rings. The number of para-hydroxylation sites is 1. The average molecular weight is 300 g/mol. The molecule has 0 amide bonds. The lowest BCUT2D eigenvalue weighted by molar-refractivity contribution is 0.627. The summed E-state index contributed by atoms with van der Waals surface area (Å²) in [6, 6.07) is 15.4. The Labute approximate surface area is 124 Å². The Morgan fingerprint density at radius 3 is 2.71 bits per heavy atom. The van der Waals surface area contributed by atoms with Gasteiger partial charge in [0.1, 0.15) is 5.82 Å². The summed E-state index contributed by atoms with van der Waals surface area (Å²) in [7, 11) is -1.35. The van der Waals surface area contributed by atoms with Crippen molar-refractivity contribution >= 4 is 27.4 Å². The third kappa shape index (κ3) is 2.92. The highest BCUT2D eigenvalue weighted by Gasteiger charge is 2.11. The topological polar surface area (TPSA) is 56.0 Å². The van der Waals surface area contributed by atoms with E-state index in [2.05, 4.69) is 4.98 Å². The van der Waals surface area contributed by atoms with Crippen LogP contribution >= 0.6 is 0 Å². The number of hydrogen-bond donors (Lipinski definition) is 1. The number of hydrogen-bond acceptors (Lipinski definition) is 3. The minimum atomic E-state index is -1.35. The monoisotopic (exact) mass is 300 g/mol. The molecule has 3 rings (SSSR count). The summed E-state index contributed by atoms with van der Waals surface area (Å²) < 4.78 is 25.4. The number of aromatic nitrogens is 1. The first-order valence-corrected chi connectivity index (χ1v) is 7.73. The van der Waals surface area contributed by atoms with Gasteiger partial charge >= 0.3 is 0 Å². The number of nitrogens with zero attached hydrogens (tertiary/aromatic N) is 1. The van der Waals surface area contributed by atoms with Crippen LogP contribution in [0.3, 0.4) is 0 Å². The number of benzene rings is 2. The fourth-order valence-corrected chi connectivity index (χ4v) is 3.25. The van der Waals surface area contributed by atoms with E-state index in [1.165, 1.54) is 18.2 Å². The number of rotatable bonds is 3. The van der Waals surface area contributed by atoms with Gasteiger partial charge in [0.15, 0.2) is 0 Å². The maximum Gasteiger partial charge on any atom is 0.125 e. The van der Waals surface area contributed by atoms with Gasteiger partial charge < -0.3 is 5.73 Å². The van der Waals surface area contributed by atoms with Crippen LogP contribution < -0.4 is 5.73 Å². The largest absolute Gasteiger partial charge is 0.398 e. The summed E-state index contributed by atoms with van der Waals surface area (Å²) in [6.07, 6.45) is 0. The van der Waals surface area contributed by atoms with Crippen LogP contribution in [-0.4, -0.2) is 9.19 Å². The molecule has 5 heteroatoms. The third-order valence-corrected chi connectivity index (χ3v) is 4.57. The summed E-state index contributed by atoms with van der Waals surface area (Å²) >= 11 is 0. The third-order valence-electron chi connectivity index (χ3n) is 3.15.